The van der Waals surface area contributed by atoms with E-state index in [1.54, 1.807) is 0 Å². The van der Waals surface area contributed by atoms with Crippen molar-refractivity contribution in [3.63, 3.8) is 0 Å². The molecule has 1 aromatic rings. The highest BCUT2D eigenvalue weighted by Crippen LogP contribution is 2.03. The maximum Gasteiger partial charge on any atom is 0.238 e. The molecule has 0 spiro atoms. The summed E-state index contributed by atoms with van der Waals surface area (Å²) >= 11 is 0. The molecule has 0 heterocycles. The molecule has 0 radical (unpaired) electrons. The molecule has 0 fully saturated rings. The van der Waals surface area contributed by atoms with Crippen LogP contribution in [0.1, 0.15) is 12.8 Å². The van der Waals surface area contributed by atoms with E-state index < -0.39 is 0 Å². The second-order valence-corrected chi connectivity index (χ2v) is 3.66. The van der Waals surface area contributed by atoms with E-state index in [2.05, 4.69) is 10.6 Å². The Kier molecular flexibility index (Phi) is 5.74. The van der Waals surface area contributed by atoms with E-state index in [4.69, 9.17) is 5.73 Å². The molecule has 0 aliphatic heterocycles. The number of amides is 2. The van der Waals surface area contributed by atoms with Gasteiger partial charge < -0.3 is 16.4 Å². The maximum atomic E-state index is 11.4. The van der Waals surface area contributed by atoms with Gasteiger partial charge in [-0.1, -0.05) is 18.2 Å². The summed E-state index contributed by atoms with van der Waals surface area (Å²) in [5.41, 5.74) is 5.77. The highest BCUT2D eigenvalue weighted by atomic mass is 16.2. The number of benzene rings is 1. The van der Waals surface area contributed by atoms with Crippen molar-refractivity contribution in [1.29, 1.82) is 0 Å². The first-order valence-electron chi connectivity index (χ1n) is 5.52. The van der Waals surface area contributed by atoms with Gasteiger partial charge in [-0.05, 0) is 25.1 Å². The predicted molar refractivity (Wildman–Crippen MR) is 66.4 cm³/mol. The van der Waals surface area contributed by atoms with Crippen LogP contribution in [0.15, 0.2) is 30.3 Å². The normalized spacial score (nSPS) is 9.88. The van der Waals surface area contributed by atoms with Crippen molar-refractivity contribution >= 4 is 17.5 Å². The Labute approximate surface area is 100 Å². The number of nitrogens with one attached hydrogen (secondary N) is 2. The van der Waals surface area contributed by atoms with Gasteiger partial charge in [0.05, 0.1) is 6.54 Å². The van der Waals surface area contributed by atoms with Gasteiger partial charge in [-0.3, -0.25) is 9.59 Å². The minimum atomic E-state index is -0.319. The van der Waals surface area contributed by atoms with E-state index in [0.717, 1.165) is 5.69 Å². The molecule has 0 saturated carbocycles. The number of rotatable bonds is 7. The molecule has 92 valence electrons. The summed E-state index contributed by atoms with van der Waals surface area (Å²) in [5.74, 6) is -0.421. The van der Waals surface area contributed by atoms with Crippen LogP contribution in [-0.4, -0.2) is 24.9 Å². The molecule has 0 bridgehead atoms. The summed E-state index contributed by atoms with van der Waals surface area (Å²) in [4.78, 5) is 21.9. The van der Waals surface area contributed by atoms with Gasteiger partial charge in [0.2, 0.25) is 11.8 Å². The van der Waals surface area contributed by atoms with E-state index in [1.165, 1.54) is 0 Å². The molecule has 4 N–H and O–H groups in total. The molecule has 17 heavy (non-hydrogen) atoms. The van der Waals surface area contributed by atoms with Crippen molar-refractivity contribution in [1.82, 2.24) is 5.32 Å². The average Bonchev–Trinajstić information content (AvgIpc) is 2.29. The first-order chi connectivity index (χ1) is 8.18. The van der Waals surface area contributed by atoms with Gasteiger partial charge in [-0.2, -0.15) is 0 Å². The van der Waals surface area contributed by atoms with E-state index in [0.29, 0.717) is 19.4 Å². The van der Waals surface area contributed by atoms with E-state index in [1.807, 2.05) is 30.3 Å². The molecule has 0 aromatic heterocycles. The summed E-state index contributed by atoms with van der Waals surface area (Å²) in [6.45, 7) is 0.832. The number of carbonyl (C=O) groups is 2. The molecule has 1 aromatic carbocycles. The fourth-order valence-electron chi connectivity index (χ4n) is 1.32. The Morgan fingerprint density at radius 1 is 1.18 bits per heavy atom. The van der Waals surface area contributed by atoms with Gasteiger partial charge in [-0.25, -0.2) is 0 Å². The monoisotopic (exact) mass is 235 g/mol. The Hall–Kier alpha value is -1.88. The molecule has 0 aliphatic rings. The second-order valence-electron chi connectivity index (χ2n) is 3.66. The fraction of sp³-hybridized carbons (Fsp3) is 0.333. The smallest absolute Gasteiger partial charge is 0.238 e. The summed E-state index contributed by atoms with van der Waals surface area (Å²) in [6.07, 6.45) is 0.987. The standard InChI is InChI=1S/C12H17N3O2/c13-11(16)7-4-8-14-9-12(17)15-10-5-2-1-3-6-10/h1-3,5-6,14H,4,7-9H2,(H2,13,16)(H,15,17). The average molecular weight is 235 g/mol. The summed E-state index contributed by atoms with van der Waals surface area (Å²) in [6, 6.07) is 9.25. The molecule has 0 atom stereocenters. The molecule has 0 aliphatic carbocycles. The van der Waals surface area contributed by atoms with E-state index in [-0.39, 0.29) is 18.4 Å². The van der Waals surface area contributed by atoms with Crippen molar-refractivity contribution in [2.45, 2.75) is 12.8 Å². The summed E-state index contributed by atoms with van der Waals surface area (Å²) in [7, 11) is 0. The van der Waals surface area contributed by atoms with Crippen molar-refractivity contribution in [2.24, 2.45) is 5.73 Å². The minimum Gasteiger partial charge on any atom is -0.370 e. The first-order valence-corrected chi connectivity index (χ1v) is 5.52. The van der Waals surface area contributed by atoms with Crippen LogP contribution >= 0.6 is 0 Å². The molecule has 0 unspecified atom stereocenters. The highest BCUT2D eigenvalue weighted by molar-refractivity contribution is 5.92. The largest absolute Gasteiger partial charge is 0.370 e. The third-order valence-electron chi connectivity index (χ3n) is 2.12. The maximum absolute atomic E-state index is 11.4. The molecular weight excluding hydrogens is 218 g/mol. The van der Waals surface area contributed by atoms with Crippen LogP contribution in [0.5, 0.6) is 0 Å². The highest BCUT2D eigenvalue weighted by Gasteiger charge is 2.01. The van der Waals surface area contributed by atoms with Crippen LogP contribution in [-0.2, 0) is 9.59 Å². The SMILES string of the molecule is NC(=O)CCCNCC(=O)Nc1ccccc1. The summed E-state index contributed by atoms with van der Waals surface area (Å²) < 4.78 is 0. The third-order valence-corrected chi connectivity index (χ3v) is 2.12. The lowest BCUT2D eigenvalue weighted by molar-refractivity contribution is -0.118. The molecule has 5 heteroatoms. The van der Waals surface area contributed by atoms with Gasteiger partial charge in [0.25, 0.3) is 0 Å². The number of para-hydroxylation sites is 1. The molecule has 5 nitrogen and oxygen atoms in total. The quantitative estimate of drug-likeness (QED) is 0.601. The minimum absolute atomic E-state index is 0.102. The van der Waals surface area contributed by atoms with Gasteiger partial charge in [0, 0.05) is 12.1 Å². The van der Waals surface area contributed by atoms with Gasteiger partial charge in [-0.15, -0.1) is 0 Å². The Morgan fingerprint density at radius 2 is 1.88 bits per heavy atom. The summed E-state index contributed by atoms with van der Waals surface area (Å²) in [5, 5.41) is 5.69. The number of hydrogen-bond acceptors (Lipinski definition) is 3. The number of nitrogens with two attached hydrogens (primary N) is 1. The molecule has 2 amide bonds. The Balaban J connectivity index is 2.12. The van der Waals surface area contributed by atoms with E-state index >= 15 is 0 Å². The Bertz CT molecular complexity index is 365. The zero-order chi connectivity index (χ0) is 12.5. The van der Waals surface area contributed by atoms with Gasteiger partial charge in [0.1, 0.15) is 0 Å². The number of primary amides is 1. The zero-order valence-electron chi connectivity index (χ0n) is 9.61. The lowest BCUT2D eigenvalue weighted by Gasteiger charge is -2.05. The fourth-order valence-corrected chi connectivity index (χ4v) is 1.32. The van der Waals surface area contributed by atoms with Crippen LogP contribution in [0.2, 0.25) is 0 Å². The van der Waals surface area contributed by atoms with Crippen LogP contribution in [0.4, 0.5) is 5.69 Å². The predicted octanol–water partition coefficient (Wildman–Crippen LogP) is 0.480. The van der Waals surface area contributed by atoms with Crippen LogP contribution < -0.4 is 16.4 Å². The Morgan fingerprint density at radius 3 is 2.53 bits per heavy atom. The zero-order valence-corrected chi connectivity index (χ0v) is 9.61. The molecule has 0 saturated heterocycles. The van der Waals surface area contributed by atoms with Gasteiger partial charge in [0.15, 0.2) is 0 Å². The van der Waals surface area contributed by atoms with Crippen molar-refractivity contribution < 1.29 is 9.59 Å². The third kappa shape index (κ3) is 6.32. The van der Waals surface area contributed by atoms with Crippen LogP contribution in [0.3, 0.4) is 0 Å². The molecular formula is C12H17N3O2. The number of carbonyl (C=O) groups excluding carboxylic acids is 2. The lowest BCUT2D eigenvalue weighted by atomic mass is 10.3. The van der Waals surface area contributed by atoms with Crippen LogP contribution in [0, 0.1) is 0 Å². The lowest BCUT2D eigenvalue weighted by Crippen LogP contribution is -2.29. The second kappa shape index (κ2) is 7.40. The van der Waals surface area contributed by atoms with Crippen LogP contribution in [0.25, 0.3) is 0 Å². The van der Waals surface area contributed by atoms with E-state index in [9.17, 15) is 9.59 Å². The topological polar surface area (TPSA) is 84.2 Å². The van der Waals surface area contributed by atoms with Crippen molar-refractivity contribution in [3.05, 3.63) is 30.3 Å². The van der Waals surface area contributed by atoms with Crippen molar-refractivity contribution in [2.75, 3.05) is 18.4 Å². The molecule has 1 rings (SSSR count). The number of anilines is 1. The van der Waals surface area contributed by atoms with Crippen molar-refractivity contribution in [3.8, 4) is 0 Å². The first kappa shape index (κ1) is 13.2. The number of hydrogen-bond donors (Lipinski definition) is 3. The van der Waals surface area contributed by atoms with Gasteiger partial charge >= 0.3 is 0 Å².